The first-order chi connectivity index (χ1) is 18.0. The second-order valence-corrected chi connectivity index (χ2v) is 8.97. The smallest absolute Gasteiger partial charge is 0.412 e. The van der Waals surface area contributed by atoms with Crippen LogP contribution >= 0.6 is 28.6 Å². The summed E-state index contributed by atoms with van der Waals surface area (Å²) in [4.78, 5) is 24.6. The zero-order chi connectivity index (χ0) is 26.5. The Morgan fingerprint density at radius 3 is 2.27 bits per heavy atom. The summed E-state index contributed by atoms with van der Waals surface area (Å²) in [6.07, 6.45) is -2.00. The van der Waals surface area contributed by atoms with E-state index in [9.17, 15) is 9.59 Å². The summed E-state index contributed by atoms with van der Waals surface area (Å²) >= 11 is 7.31. The second kappa shape index (κ2) is 15.1. The van der Waals surface area contributed by atoms with Gasteiger partial charge in [0.25, 0.3) is 0 Å². The predicted octanol–water partition coefficient (Wildman–Crippen LogP) is 5.42. The molecule has 0 heterocycles. The van der Waals surface area contributed by atoms with Gasteiger partial charge in [-0.25, -0.2) is 4.79 Å². The van der Waals surface area contributed by atoms with Gasteiger partial charge in [-0.15, -0.1) is 0 Å². The molecule has 0 saturated carbocycles. The van der Waals surface area contributed by atoms with Crippen LogP contribution in [0.15, 0.2) is 83.3 Å². The van der Waals surface area contributed by atoms with Gasteiger partial charge < -0.3 is 24.1 Å². The van der Waals surface area contributed by atoms with Crippen LogP contribution in [0.1, 0.15) is 18.1 Å². The van der Waals surface area contributed by atoms with Gasteiger partial charge in [-0.1, -0.05) is 46.3 Å². The first kappa shape index (κ1) is 28.4. The van der Waals surface area contributed by atoms with E-state index in [1.54, 1.807) is 60.7 Å². The molecule has 8 nitrogen and oxygen atoms in total. The molecule has 0 unspecified atom stereocenters. The first-order valence-electron chi connectivity index (χ1n) is 11.5. The Hall–Kier alpha value is -3.21. The van der Waals surface area contributed by atoms with Crippen molar-refractivity contribution in [2.24, 2.45) is 0 Å². The molecule has 0 aliphatic rings. The third-order valence-electron chi connectivity index (χ3n) is 5.06. The van der Waals surface area contributed by atoms with Crippen LogP contribution < -0.4 is 14.8 Å². The number of carbonyl (C=O) groups is 2. The Morgan fingerprint density at radius 1 is 0.919 bits per heavy atom. The molecule has 37 heavy (non-hydrogen) atoms. The molecule has 3 aromatic carbocycles. The molecule has 0 saturated heterocycles. The largest absolute Gasteiger partial charge is 0.491 e. The number of ether oxygens (including phenoxy) is 4. The van der Waals surface area contributed by atoms with Crippen molar-refractivity contribution in [1.82, 2.24) is 0 Å². The number of aliphatic hydroxyl groups is 1. The molecule has 196 valence electrons. The van der Waals surface area contributed by atoms with Crippen molar-refractivity contribution in [3.8, 4) is 11.5 Å². The molecular weight excluding hydrogens is 562 g/mol. The summed E-state index contributed by atoms with van der Waals surface area (Å²) in [6, 6.07) is 23.1. The Morgan fingerprint density at radius 2 is 1.62 bits per heavy atom. The van der Waals surface area contributed by atoms with E-state index in [-0.39, 0.29) is 32.0 Å². The minimum Gasteiger partial charge on any atom is -0.491 e. The van der Waals surface area contributed by atoms with Crippen LogP contribution in [0.4, 0.5) is 10.5 Å². The number of para-hydroxylation sites is 1. The molecule has 2 atom stereocenters. The fraction of sp³-hybridized carbons (Fsp3) is 0.259. The lowest BCUT2D eigenvalue weighted by atomic mass is 10.0. The highest BCUT2D eigenvalue weighted by Crippen LogP contribution is 2.30. The molecule has 3 aromatic rings. The molecule has 10 heteroatoms. The summed E-state index contributed by atoms with van der Waals surface area (Å²) in [5.41, 5.74) is 1.20. The molecule has 0 radical (unpaired) electrons. The number of anilines is 1. The van der Waals surface area contributed by atoms with Crippen molar-refractivity contribution < 1.29 is 33.6 Å². The number of amides is 1. The molecule has 0 bridgehead atoms. The highest BCUT2D eigenvalue weighted by molar-refractivity contribution is 9.10. The van der Waals surface area contributed by atoms with Crippen LogP contribution in [-0.2, 0) is 14.3 Å². The summed E-state index contributed by atoms with van der Waals surface area (Å²) in [5.74, 6) is 0.615. The van der Waals surface area contributed by atoms with Gasteiger partial charge in [0, 0.05) is 16.6 Å². The van der Waals surface area contributed by atoms with E-state index in [0.29, 0.717) is 22.7 Å². The van der Waals surface area contributed by atoms with Gasteiger partial charge in [0.15, 0.2) is 6.10 Å². The van der Waals surface area contributed by atoms with Crippen LogP contribution in [0, 0.1) is 0 Å². The van der Waals surface area contributed by atoms with Crippen molar-refractivity contribution in [3.05, 3.63) is 88.9 Å². The number of rotatable bonds is 13. The number of thiol groups is 1. The van der Waals surface area contributed by atoms with E-state index < -0.39 is 24.3 Å². The van der Waals surface area contributed by atoms with Crippen molar-refractivity contribution in [3.63, 3.8) is 0 Å². The fourth-order valence-corrected chi connectivity index (χ4v) is 3.71. The van der Waals surface area contributed by atoms with Crippen LogP contribution in [-0.4, -0.2) is 48.8 Å². The molecule has 2 N–H and O–H groups in total. The van der Waals surface area contributed by atoms with Crippen LogP contribution in [0.3, 0.4) is 0 Å². The molecule has 0 aromatic heterocycles. The van der Waals surface area contributed by atoms with E-state index >= 15 is 0 Å². The van der Waals surface area contributed by atoms with Gasteiger partial charge in [0.1, 0.15) is 24.2 Å². The fourth-order valence-electron chi connectivity index (χ4n) is 3.35. The van der Waals surface area contributed by atoms with Gasteiger partial charge in [-0.2, -0.15) is 12.6 Å². The minimum atomic E-state index is -0.864. The first-order valence-corrected chi connectivity index (χ1v) is 13.0. The number of hydrogen-bond donors (Lipinski definition) is 3. The summed E-state index contributed by atoms with van der Waals surface area (Å²) < 4.78 is 23.7. The zero-order valence-electron chi connectivity index (χ0n) is 19.9. The van der Waals surface area contributed by atoms with Crippen molar-refractivity contribution in [2.75, 3.05) is 30.9 Å². The Balaban J connectivity index is 1.86. The summed E-state index contributed by atoms with van der Waals surface area (Å²) in [6.45, 7) is 0.0929. The van der Waals surface area contributed by atoms with Crippen LogP contribution in [0.5, 0.6) is 11.5 Å². The maximum Gasteiger partial charge on any atom is 0.412 e. The van der Waals surface area contributed by atoms with Crippen molar-refractivity contribution >= 4 is 46.3 Å². The van der Waals surface area contributed by atoms with E-state index in [1.807, 2.05) is 18.2 Å². The Kier molecular flexibility index (Phi) is 11.6. The lowest BCUT2D eigenvalue weighted by molar-refractivity contribution is -0.141. The van der Waals surface area contributed by atoms with Gasteiger partial charge in [0.05, 0.1) is 19.0 Å². The monoisotopic (exact) mass is 589 g/mol. The van der Waals surface area contributed by atoms with Gasteiger partial charge >= 0.3 is 12.1 Å². The minimum absolute atomic E-state index is 0.0444. The highest BCUT2D eigenvalue weighted by Gasteiger charge is 2.30. The zero-order valence-corrected chi connectivity index (χ0v) is 22.4. The van der Waals surface area contributed by atoms with Gasteiger partial charge in [-0.3, -0.25) is 10.1 Å². The number of aliphatic hydroxyl groups excluding tert-OH is 1. The number of halogens is 1. The molecule has 0 fully saturated rings. The lowest BCUT2D eigenvalue weighted by Crippen LogP contribution is -2.32. The number of esters is 1. The standard InChI is InChI=1S/C27H28BrNO7S/c28-20-8-10-21(11-9-20)29-27(32)36-26(19-6-12-22(13-7-19)33-17-15-30)24(14-16-34-25(31)18-37)35-23-4-2-1-3-5-23/h1-13,24,26,30,37H,14-18H2,(H,29,32)/t24-,26-/m0/s1. The van der Waals surface area contributed by atoms with E-state index in [1.165, 1.54) is 0 Å². The van der Waals surface area contributed by atoms with Crippen LogP contribution in [0.25, 0.3) is 0 Å². The topological polar surface area (TPSA) is 103 Å². The SMILES string of the molecule is O=C(CS)OCC[C@H](Oc1ccccc1)[C@@H](OC(=O)Nc1ccc(Br)cc1)c1ccc(OCCO)cc1. The number of hydrogen-bond acceptors (Lipinski definition) is 8. The van der Waals surface area contributed by atoms with E-state index in [0.717, 1.165) is 4.47 Å². The number of benzene rings is 3. The number of carbonyl (C=O) groups excluding carboxylic acids is 2. The number of nitrogens with one attached hydrogen (secondary N) is 1. The van der Waals surface area contributed by atoms with E-state index in [4.69, 9.17) is 24.1 Å². The lowest BCUT2D eigenvalue weighted by Gasteiger charge is -2.28. The van der Waals surface area contributed by atoms with Gasteiger partial charge in [0.2, 0.25) is 0 Å². The molecule has 0 aliphatic heterocycles. The Bertz CT molecular complexity index is 1110. The molecular formula is C27H28BrNO7S. The molecule has 0 spiro atoms. The third-order valence-corrected chi connectivity index (χ3v) is 5.84. The van der Waals surface area contributed by atoms with E-state index in [2.05, 4.69) is 33.9 Å². The summed E-state index contributed by atoms with van der Waals surface area (Å²) in [7, 11) is 0. The van der Waals surface area contributed by atoms with Crippen molar-refractivity contribution in [1.29, 1.82) is 0 Å². The second-order valence-electron chi connectivity index (χ2n) is 7.74. The quantitative estimate of drug-likeness (QED) is 0.181. The molecule has 3 rings (SSSR count). The van der Waals surface area contributed by atoms with Gasteiger partial charge in [-0.05, 0) is 54.1 Å². The summed E-state index contributed by atoms with van der Waals surface area (Å²) in [5, 5.41) is 11.7. The highest BCUT2D eigenvalue weighted by atomic mass is 79.9. The normalized spacial score (nSPS) is 12.2. The predicted molar refractivity (Wildman–Crippen MR) is 146 cm³/mol. The molecule has 1 amide bonds. The molecule has 0 aliphatic carbocycles. The average molecular weight is 590 g/mol. The third kappa shape index (κ3) is 9.64. The van der Waals surface area contributed by atoms with Crippen LogP contribution in [0.2, 0.25) is 0 Å². The maximum atomic E-state index is 12.9. The average Bonchev–Trinajstić information content (AvgIpc) is 2.92. The van der Waals surface area contributed by atoms with Crippen molar-refractivity contribution in [2.45, 2.75) is 18.6 Å². The maximum absolute atomic E-state index is 12.9. The Labute approximate surface area is 229 Å².